The van der Waals surface area contributed by atoms with Gasteiger partial charge in [0.1, 0.15) is 0 Å². The van der Waals surface area contributed by atoms with Gasteiger partial charge in [-0.1, -0.05) is 12.1 Å². The first-order valence-corrected chi connectivity index (χ1v) is 10.3. The topological polar surface area (TPSA) is 149 Å². The number of Topliss-reactive ketones (excluding diaryl/α,β-unsaturated/α-hetero) is 1. The molecule has 0 fully saturated rings. The molecule has 0 saturated carbocycles. The molecule has 0 heterocycles. The van der Waals surface area contributed by atoms with Crippen LogP contribution in [0.5, 0.6) is 23.0 Å². The van der Waals surface area contributed by atoms with E-state index in [4.69, 9.17) is 18.9 Å². The summed E-state index contributed by atoms with van der Waals surface area (Å²) in [7, 11) is 2.75. The van der Waals surface area contributed by atoms with E-state index in [1.54, 1.807) is 0 Å². The van der Waals surface area contributed by atoms with Crippen LogP contribution in [0.25, 0.3) is 12.2 Å². The molecule has 2 unspecified atom stereocenters. The zero-order chi connectivity index (χ0) is 26.0. The summed E-state index contributed by atoms with van der Waals surface area (Å²) in [5.41, 5.74) is 1.03. The Hall–Kier alpha value is -4.31. The minimum absolute atomic E-state index is 0.0720. The van der Waals surface area contributed by atoms with Crippen molar-refractivity contribution in [3.63, 3.8) is 0 Å². The summed E-state index contributed by atoms with van der Waals surface area (Å²) in [4.78, 5) is 36.5. The van der Waals surface area contributed by atoms with Crippen molar-refractivity contribution in [1.29, 1.82) is 0 Å². The van der Waals surface area contributed by atoms with Gasteiger partial charge in [0.05, 0.1) is 20.8 Å². The van der Waals surface area contributed by atoms with Gasteiger partial charge in [-0.3, -0.25) is 4.79 Å². The second-order valence-electron chi connectivity index (χ2n) is 7.16. The van der Waals surface area contributed by atoms with Crippen molar-refractivity contribution < 1.29 is 48.7 Å². The maximum Gasteiger partial charge on any atom is 0.331 e. The van der Waals surface area contributed by atoms with Crippen LogP contribution in [-0.2, 0) is 23.9 Å². The second kappa shape index (κ2) is 12.8. The second-order valence-corrected chi connectivity index (χ2v) is 7.16. The van der Waals surface area contributed by atoms with E-state index in [0.717, 1.165) is 19.1 Å². The average molecular weight is 486 g/mol. The molecular weight excluding hydrogens is 460 g/mol. The number of carbonyl (C=O) groups is 3. The smallest absolute Gasteiger partial charge is 0.331 e. The van der Waals surface area contributed by atoms with Crippen LogP contribution in [0.2, 0.25) is 0 Å². The van der Waals surface area contributed by atoms with Crippen molar-refractivity contribution in [2.75, 3.05) is 20.8 Å². The van der Waals surface area contributed by atoms with Gasteiger partial charge in [-0.15, -0.1) is 0 Å². The Balaban J connectivity index is 2.06. The van der Waals surface area contributed by atoms with Crippen molar-refractivity contribution in [2.24, 2.45) is 0 Å². The number of ketones is 1. The van der Waals surface area contributed by atoms with E-state index in [1.807, 2.05) is 0 Å². The summed E-state index contributed by atoms with van der Waals surface area (Å²) in [6, 6.07) is 8.78. The van der Waals surface area contributed by atoms with Crippen LogP contribution in [0, 0.1) is 0 Å². The van der Waals surface area contributed by atoms with Crippen LogP contribution >= 0.6 is 0 Å². The molecule has 2 rings (SSSR count). The third-order valence-corrected chi connectivity index (χ3v) is 4.66. The van der Waals surface area contributed by atoms with Gasteiger partial charge in [0, 0.05) is 12.2 Å². The van der Waals surface area contributed by atoms with Gasteiger partial charge in [0.15, 0.2) is 41.0 Å². The van der Waals surface area contributed by atoms with Crippen LogP contribution in [0.15, 0.2) is 48.6 Å². The maximum atomic E-state index is 12.2. The lowest BCUT2D eigenvalue weighted by atomic mass is 10.1. The van der Waals surface area contributed by atoms with Gasteiger partial charge in [0.2, 0.25) is 0 Å². The Morgan fingerprint density at radius 2 is 1.29 bits per heavy atom. The quantitative estimate of drug-likeness (QED) is 0.319. The normalized spacial score (nSPS) is 12.8. The van der Waals surface area contributed by atoms with Crippen molar-refractivity contribution in [3.8, 4) is 23.0 Å². The SMILES string of the molecule is COc1cc(C=CC(=O)OC(CO)C(OC(=O)C=Cc2ccc(O)c(OC)c2)C(C)=O)ccc1O. The molecule has 0 aliphatic carbocycles. The van der Waals surface area contributed by atoms with E-state index in [-0.39, 0.29) is 23.0 Å². The average Bonchev–Trinajstić information content (AvgIpc) is 2.84. The Kier molecular flexibility index (Phi) is 9.85. The first kappa shape index (κ1) is 26.9. The number of benzene rings is 2. The predicted octanol–water partition coefficient (Wildman–Crippen LogP) is 2.25. The van der Waals surface area contributed by atoms with Gasteiger partial charge in [-0.05, 0) is 54.5 Å². The van der Waals surface area contributed by atoms with E-state index in [2.05, 4.69) is 0 Å². The van der Waals surface area contributed by atoms with E-state index >= 15 is 0 Å². The highest BCUT2D eigenvalue weighted by molar-refractivity contribution is 5.91. The van der Waals surface area contributed by atoms with E-state index in [1.165, 1.54) is 62.8 Å². The summed E-state index contributed by atoms with van der Waals surface area (Å²) < 4.78 is 20.2. The Morgan fingerprint density at radius 3 is 1.69 bits per heavy atom. The first-order chi connectivity index (χ1) is 16.7. The fraction of sp³-hybridized carbons (Fsp3) is 0.240. The van der Waals surface area contributed by atoms with Crippen LogP contribution in [-0.4, -0.2) is 66.1 Å². The molecule has 0 spiro atoms. The number of rotatable bonds is 11. The molecule has 2 aromatic rings. The molecule has 0 aromatic heterocycles. The fourth-order valence-corrected chi connectivity index (χ4v) is 2.89. The molecule has 0 aliphatic heterocycles. The van der Waals surface area contributed by atoms with Crippen LogP contribution in [0.4, 0.5) is 0 Å². The standard InChI is InChI=1S/C25H26O10/c1-15(27)25(35-24(31)11-7-17-5-9-19(29)21(13-17)33-3)22(14-26)34-23(30)10-6-16-4-8-18(28)20(12-16)32-2/h4-13,22,25-26,28-29H,14H2,1-3H3. The van der Waals surface area contributed by atoms with Gasteiger partial charge >= 0.3 is 11.9 Å². The highest BCUT2D eigenvalue weighted by Crippen LogP contribution is 2.27. The summed E-state index contributed by atoms with van der Waals surface area (Å²) >= 11 is 0. The number of esters is 2. The number of aliphatic hydroxyl groups excluding tert-OH is 1. The number of phenols is 2. The zero-order valence-corrected chi connectivity index (χ0v) is 19.3. The Morgan fingerprint density at radius 1 is 0.829 bits per heavy atom. The molecule has 0 bridgehead atoms. The van der Waals surface area contributed by atoms with Gasteiger partial charge in [-0.25, -0.2) is 9.59 Å². The fourth-order valence-electron chi connectivity index (χ4n) is 2.89. The summed E-state index contributed by atoms with van der Waals surface area (Å²) in [5.74, 6) is -2.20. The number of aromatic hydroxyl groups is 2. The number of hydrogen-bond donors (Lipinski definition) is 3. The predicted molar refractivity (Wildman–Crippen MR) is 125 cm³/mol. The summed E-state index contributed by atoms with van der Waals surface area (Å²) in [5, 5.41) is 28.9. The molecule has 2 atom stereocenters. The van der Waals surface area contributed by atoms with E-state index < -0.39 is 36.5 Å². The third kappa shape index (κ3) is 7.90. The van der Waals surface area contributed by atoms with Gasteiger partial charge in [-0.2, -0.15) is 0 Å². The number of hydrogen-bond acceptors (Lipinski definition) is 10. The highest BCUT2D eigenvalue weighted by atomic mass is 16.6. The molecule has 10 nitrogen and oxygen atoms in total. The lowest BCUT2D eigenvalue weighted by Crippen LogP contribution is -2.42. The maximum absolute atomic E-state index is 12.2. The first-order valence-electron chi connectivity index (χ1n) is 10.3. The molecule has 10 heteroatoms. The van der Waals surface area contributed by atoms with E-state index in [9.17, 15) is 29.7 Å². The van der Waals surface area contributed by atoms with Crippen molar-refractivity contribution in [3.05, 3.63) is 59.7 Å². The number of carbonyl (C=O) groups excluding carboxylic acids is 3. The van der Waals surface area contributed by atoms with Crippen molar-refractivity contribution in [2.45, 2.75) is 19.1 Å². The zero-order valence-electron chi connectivity index (χ0n) is 19.3. The molecule has 0 radical (unpaired) electrons. The molecule has 0 amide bonds. The molecule has 0 saturated heterocycles. The third-order valence-electron chi connectivity index (χ3n) is 4.66. The van der Waals surface area contributed by atoms with Crippen molar-refractivity contribution >= 4 is 29.9 Å². The number of phenolic OH excluding ortho intramolecular Hbond substituents is 2. The summed E-state index contributed by atoms with van der Waals surface area (Å²) in [6.45, 7) is 0.352. The monoisotopic (exact) mass is 486 g/mol. The van der Waals surface area contributed by atoms with Gasteiger partial charge < -0.3 is 34.3 Å². The van der Waals surface area contributed by atoms with Crippen LogP contribution in [0.3, 0.4) is 0 Å². The van der Waals surface area contributed by atoms with E-state index in [0.29, 0.717) is 11.1 Å². The highest BCUT2D eigenvalue weighted by Gasteiger charge is 2.31. The molecule has 3 N–H and O–H groups in total. The minimum atomic E-state index is -1.54. The Bertz CT molecular complexity index is 1120. The lowest BCUT2D eigenvalue weighted by molar-refractivity contribution is -0.168. The number of ether oxygens (including phenoxy) is 4. The Labute approximate surface area is 201 Å². The molecule has 186 valence electrons. The van der Waals surface area contributed by atoms with Crippen LogP contribution < -0.4 is 9.47 Å². The largest absolute Gasteiger partial charge is 0.504 e. The van der Waals surface area contributed by atoms with Crippen molar-refractivity contribution in [1.82, 2.24) is 0 Å². The minimum Gasteiger partial charge on any atom is -0.504 e. The van der Waals surface area contributed by atoms with Crippen LogP contribution in [0.1, 0.15) is 18.1 Å². The molecule has 35 heavy (non-hydrogen) atoms. The number of methoxy groups -OCH3 is 2. The number of aliphatic hydroxyl groups is 1. The lowest BCUT2D eigenvalue weighted by Gasteiger charge is -2.22. The van der Waals surface area contributed by atoms with Gasteiger partial charge in [0.25, 0.3) is 0 Å². The summed E-state index contributed by atoms with van der Waals surface area (Å²) in [6.07, 6.45) is 1.85. The molecule has 0 aliphatic rings. The molecule has 2 aromatic carbocycles. The molecular formula is C25H26O10.